The molecule has 0 fully saturated rings. The number of carbonyl (C=O) groups is 2. The molecule has 134 valence electrons. The third-order valence-electron chi connectivity index (χ3n) is 4.06. The minimum atomic E-state index is -0.732. The largest absolute Gasteiger partial charge is 0.326 e. The highest BCUT2D eigenvalue weighted by Gasteiger charge is 2.30. The number of hydrogen-bond donors (Lipinski definition) is 2. The van der Waals surface area contributed by atoms with Gasteiger partial charge in [-0.15, -0.1) is 0 Å². The van der Waals surface area contributed by atoms with E-state index in [4.69, 9.17) is 11.6 Å². The lowest BCUT2D eigenvalue weighted by Crippen LogP contribution is -2.34. The molecule has 1 aromatic heterocycles. The van der Waals surface area contributed by atoms with Gasteiger partial charge < -0.3 is 10.6 Å². The average Bonchev–Trinajstić information content (AvgIpc) is 2.96. The average molecular weight is 388 g/mol. The van der Waals surface area contributed by atoms with Gasteiger partial charge in [0.25, 0.3) is 0 Å². The Kier molecular flexibility index (Phi) is 4.98. The molecule has 2 aromatic carbocycles. The lowest BCUT2D eigenvalue weighted by atomic mass is 9.84. The second-order valence-electron chi connectivity index (χ2n) is 6.47. The predicted octanol–water partition coefficient (Wildman–Crippen LogP) is 4.82. The van der Waals surface area contributed by atoms with E-state index in [-0.39, 0.29) is 11.8 Å². The van der Waals surface area contributed by atoms with E-state index in [1.807, 2.05) is 38.1 Å². The first-order valence-electron chi connectivity index (χ1n) is 8.01. The van der Waals surface area contributed by atoms with Gasteiger partial charge in [-0.05, 0) is 49.7 Å². The quantitative estimate of drug-likeness (QED) is 0.673. The Morgan fingerprint density at radius 1 is 1.08 bits per heavy atom. The molecular weight excluding hydrogens is 370 g/mol. The van der Waals surface area contributed by atoms with Crippen molar-refractivity contribution in [2.75, 3.05) is 10.6 Å². The van der Waals surface area contributed by atoms with Crippen molar-refractivity contribution in [2.45, 2.75) is 26.2 Å². The van der Waals surface area contributed by atoms with Gasteiger partial charge in [-0.25, -0.2) is 4.98 Å². The molecule has 0 saturated heterocycles. The standard InChI is InChI=1S/C19H18ClN3O2S/c1-11(24)21-14-8-9-15-16(10-14)26-18(22-15)23-17(25)19(2,3)12-4-6-13(20)7-5-12/h4-10H,1-3H3,(H,21,24)(H,22,23,25). The number of rotatable bonds is 4. The Labute approximate surface area is 160 Å². The topological polar surface area (TPSA) is 71.1 Å². The molecule has 3 rings (SSSR count). The second kappa shape index (κ2) is 7.05. The van der Waals surface area contributed by atoms with Crippen LogP contribution in [0.25, 0.3) is 10.2 Å². The van der Waals surface area contributed by atoms with Crippen LogP contribution in [0, 0.1) is 0 Å². The number of nitrogens with one attached hydrogen (secondary N) is 2. The summed E-state index contributed by atoms with van der Waals surface area (Å²) in [6.45, 7) is 5.17. The van der Waals surface area contributed by atoms with Crippen LogP contribution >= 0.6 is 22.9 Å². The van der Waals surface area contributed by atoms with Gasteiger partial charge >= 0.3 is 0 Å². The number of aromatic nitrogens is 1. The molecule has 0 bridgehead atoms. The van der Waals surface area contributed by atoms with Crippen LogP contribution in [0.2, 0.25) is 5.02 Å². The number of carbonyl (C=O) groups excluding carboxylic acids is 2. The van der Waals surface area contributed by atoms with Crippen molar-refractivity contribution in [3.8, 4) is 0 Å². The van der Waals surface area contributed by atoms with E-state index < -0.39 is 5.41 Å². The molecule has 3 aromatic rings. The van der Waals surface area contributed by atoms with Gasteiger partial charge in [0.1, 0.15) is 0 Å². The van der Waals surface area contributed by atoms with Crippen LogP contribution in [0.4, 0.5) is 10.8 Å². The lowest BCUT2D eigenvalue weighted by molar-refractivity contribution is -0.120. The van der Waals surface area contributed by atoms with Gasteiger partial charge in [-0.1, -0.05) is 35.1 Å². The molecule has 0 unspecified atom stereocenters. The summed E-state index contributed by atoms with van der Waals surface area (Å²) in [4.78, 5) is 28.4. The second-order valence-corrected chi connectivity index (χ2v) is 7.94. The molecule has 2 amide bonds. The van der Waals surface area contributed by atoms with Crippen LogP contribution in [-0.2, 0) is 15.0 Å². The Hall–Kier alpha value is -2.44. The summed E-state index contributed by atoms with van der Waals surface area (Å²) in [5, 5.41) is 6.78. The zero-order valence-electron chi connectivity index (χ0n) is 14.6. The van der Waals surface area contributed by atoms with Crippen molar-refractivity contribution in [3.05, 3.63) is 53.1 Å². The molecule has 5 nitrogen and oxygen atoms in total. The van der Waals surface area contributed by atoms with E-state index in [2.05, 4.69) is 15.6 Å². The fourth-order valence-electron chi connectivity index (χ4n) is 2.51. The highest BCUT2D eigenvalue weighted by atomic mass is 35.5. The van der Waals surface area contributed by atoms with Gasteiger partial charge in [0.15, 0.2) is 5.13 Å². The number of fused-ring (bicyclic) bond motifs is 1. The van der Waals surface area contributed by atoms with Crippen molar-refractivity contribution in [2.24, 2.45) is 0 Å². The van der Waals surface area contributed by atoms with Crippen LogP contribution < -0.4 is 10.6 Å². The number of halogens is 1. The summed E-state index contributed by atoms with van der Waals surface area (Å²) in [6, 6.07) is 12.7. The molecule has 7 heteroatoms. The minimum absolute atomic E-state index is 0.132. The summed E-state index contributed by atoms with van der Waals surface area (Å²) < 4.78 is 0.885. The van der Waals surface area contributed by atoms with E-state index in [9.17, 15) is 9.59 Å². The van der Waals surface area contributed by atoms with Crippen LogP contribution in [-0.4, -0.2) is 16.8 Å². The maximum atomic E-state index is 12.8. The number of amides is 2. The van der Waals surface area contributed by atoms with Crippen molar-refractivity contribution < 1.29 is 9.59 Å². The van der Waals surface area contributed by atoms with Crippen LogP contribution in [0.3, 0.4) is 0 Å². The number of nitrogens with zero attached hydrogens (tertiary/aromatic N) is 1. The number of anilines is 2. The third-order valence-corrected chi connectivity index (χ3v) is 5.25. The first kappa shape index (κ1) is 18.4. The summed E-state index contributed by atoms with van der Waals surface area (Å²) in [5.41, 5.74) is 1.61. The van der Waals surface area contributed by atoms with E-state index in [0.29, 0.717) is 15.8 Å². The molecule has 0 aliphatic carbocycles. The molecule has 26 heavy (non-hydrogen) atoms. The van der Waals surface area contributed by atoms with E-state index in [1.165, 1.54) is 18.3 Å². The van der Waals surface area contributed by atoms with Crippen molar-refractivity contribution in [3.63, 3.8) is 0 Å². The maximum Gasteiger partial charge on any atom is 0.236 e. The van der Waals surface area contributed by atoms with Crippen molar-refractivity contribution in [1.82, 2.24) is 4.98 Å². The molecule has 2 N–H and O–H groups in total. The molecule has 0 atom stereocenters. The summed E-state index contributed by atoms with van der Waals surface area (Å²) in [5.74, 6) is -0.284. The normalized spacial score (nSPS) is 11.4. The third kappa shape index (κ3) is 3.86. The number of thiazole rings is 1. The van der Waals surface area contributed by atoms with Crippen LogP contribution in [0.15, 0.2) is 42.5 Å². The first-order chi connectivity index (χ1) is 12.3. The lowest BCUT2D eigenvalue weighted by Gasteiger charge is -2.23. The molecule has 0 aliphatic heterocycles. The molecule has 0 radical (unpaired) electrons. The summed E-state index contributed by atoms with van der Waals surface area (Å²) in [7, 11) is 0. The van der Waals surface area contributed by atoms with Gasteiger partial charge in [-0.2, -0.15) is 0 Å². The Morgan fingerprint density at radius 2 is 1.77 bits per heavy atom. The molecule has 0 spiro atoms. The van der Waals surface area contributed by atoms with Gasteiger partial charge in [0, 0.05) is 17.6 Å². The minimum Gasteiger partial charge on any atom is -0.326 e. The van der Waals surface area contributed by atoms with Gasteiger partial charge in [-0.3, -0.25) is 9.59 Å². The highest BCUT2D eigenvalue weighted by Crippen LogP contribution is 2.31. The van der Waals surface area contributed by atoms with E-state index in [1.54, 1.807) is 18.2 Å². The Bertz CT molecular complexity index is 980. The van der Waals surface area contributed by atoms with Crippen LogP contribution in [0.5, 0.6) is 0 Å². The van der Waals surface area contributed by atoms with Crippen molar-refractivity contribution in [1.29, 1.82) is 0 Å². The first-order valence-corrected chi connectivity index (χ1v) is 9.21. The molecule has 0 aliphatic rings. The van der Waals surface area contributed by atoms with E-state index >= 15 is 0 Å². The van der Waals surface area contributed by atoms with Crippen LogP contribution in [0.1, 0.15) is 26.3 Å². The van der Waals surface area contributed by atoms with Gasteiger partial charge in [0.05, 0.1) is 15.6 Å². The summed E-state index contributed by atoms with van der Waals surface area (Å²) >= 11 is 7.29. The molecule has 1 heterocycles. The number of hydrogen-bond acceptors (Lipinski definition) is 4. The fourth-order valence-corrected chi connectivity index (χ4v) is 3.54. The van der Waals surface area contributed by atoms with Gasteiger partial charge in [0.2, 0.25) is 11.8 Å². The monoisotopic (exact) mass is 387 g/mol. The van der Waals surface area contributed by atoms with E-state index in [0.717, 1.165) is 15.8 Å². The molecular formula is C19H18ClN3O2S. The molecule has 0 saturated carbocycles. The zero-order chi connectivity index (χ0) is 18.9. The fraction of sp³-hybridized carbons (Fsp3) is 0.211. The zero-order valence-corrected chi connectivity index (χ0v) is 16.2. The maximum absolute atomic E-state index is 12.8. The highest BCUT2D eigenvalue weighted by molar-refractivity contribution is 7.22. The smallest absolute Gasteiger partial charge is 0.236 e. The summed E-state index contributed by atoms with van der Waals surface area (Å²) in [6.07, 6.45) is 0. The Balaban J connectivity index is 1.82. The predicted molar refractivity (Wildman–Crippen MR) is 107 cm³/mol. The Morgan fingerprint density at radius 3 is 2.42 bits per heavy atom. The SMILES string of the molecule is CC(=O)Nc1ccc2nc(NC(=O)C(C)(C)c3ccc(Cl)cc3)sc2c1. The number of benzene rings is 2. The van der Waals surface area contributed by atoms with Crippen molar-refractivity contribution >= 4 is 55.8 Å².